The normalized spacial score (nSPS) is 11.0. The average molecular weight is 345 g/mol. The molecule has 5 nitrogen and oxygen atoms in total. The van der Waals surface area contributed by atoms with Gasteiger partial charge in [-0.25, -0.2) is 4.79 Å². The summed E-state index contributed by atoms with van der Waals surface area (Å²) in [7, 11) is 1.30. The molecule has 4 rings (SSSR count). The molecule has 0 aliphatic rings. The molecule has 5 heteroatoms. The van der Waals surface area contributed by atoms with Crippen LogP contribution in [-0.4, -0.2) is 22.8 Å². The number of phenols is 1. The first-order valence-corrected chi connectivity index (χ1v) is 8.06. The minimum Gasteiger partial charge on any atom is -0.506 e. The van der Waals surface area contributed by atoms with Gasteiger partial charge in [-0.2, -0.15) is 0 Å². The number of rotatable bonds is 2. The molecule has 0 atom stereocenters. The Bertz CT molecular complexity index is 1160. The molecule has 3 aromatic carbocycles. The van der Waals surface area contributed by atoms with E-state index in [9.17, 15) is 14.7 Å². The molecule has 0 radical (unpaired) electrons. The minimum atomic E-state index is -0.499. The largest absolute Gasteiger partial charge is 0.506 e. The van der Waals surface area contributed by atoms with E-state index in [1.807, 2.05) is 24.3 Å². The van der Waals surface area contributed by atoms with Crippen LogP contribution >= 0.6 is 0 Å². The van der Waals surface area contributed by atoms with E-state index < -0.39 is 5.97 Å². The number of para-hydroxylation sites is 2. The molecule has 26 heavy (non-hydrogen) atoms. The number of aromatic nitrogens is 1. The Morgan fingerprint density at radius 1 is 0.923 bits per heavy atom. The van der Waals surface area contributed by atoms with Crippen LogP contribution in [0.5, 0.6) is 5.75 Å². The zero-order valence-corrected chi connectivity index (χ0v) is 14.0. The van der Waals surface area contributed by atoms with Gasteiger partial charge in [-0.15, -0.1) is 0 Å². The number of carbonyl (C=O) groups is 1. The van der Waals surface area contributed by atoms with Crippen molar-refractivity contribution in [3.63, 3.8) is 0 Å². The summed E-state index contributed by atoms with van der Waals surface area (Å²) in [4.78, 5) is 24.8. The smallest absolute Gasteiger partial charge is 0.337 e. The van der Waals surface area contributed by atoms with Crippen LogP contribution in [0.25, 0.3) is 27.5 Å². The van der Waals surface area contributed by atoms with Crippen LogP contribution in [0.2, 0.25) is 0 Å². The van der Waals surface area contributed by atoms with Crippen molar-refractivity contribution >= 4 is 27.8 Å². The summed E-state index contributed by atoms with van der Waals surface area (Å²) in [5, 5.41) is 11.6. The summed E-state index contributed by atoms with van der Waals surface area (Å²) < 4.78 is 6.57. The van der Waals surface area contributed by atoms with Gasteiger partial charge in [-0.05, 0) is 42.5 Å². The van der Waals surface area contributed by atoms with E-state index in [1.165, 1.54) is 19.2 Å². The van der Waals surface area contributed by atoms with Crippen LogP contribution in [-0.2, 0) is 4.74 Å². The van der Waals surface area contributed by atoms with E-state index in [1.54, 1.807) is 34.9 Å². The van der Waals surface area contributed by atoms with Crippen molar-refractivity contribution in [2.45, 2.75) is 0 Å². The first-order chi connectivity index (χ1) is 12.6. The number of pyridine rings is 1. The summed E-state index contributed by atoms with van der Waals surface area (Å²) in [6.45, 7) is 0. The summed E-state index contributed by atoms with van der Waals surface area (Å²) in [5.74, 6) is -0.502. The summed E-state index contributed by atoms with van der Waals surface area (Å²) in [5.41, 5.74) is 1.94. The van der Waals surface area contributed by atoms with E-state index in [4.69, 9.17) is 4.74 Å². The molecule has 128 valence electrons. The predicted octanol–water partition coefficient (Wildman–Crippen LogP) is 3.64. The highest BCUT2D eigenvalue weighted by atomic mass is 16.5. The molecule has 0 saturated heterocycles. The number of aromatic hydroxyl groups is 1. The van der Waals surface area contributed by atoms with Crippen LogP contribution in [0.15, 0.2) is 71.5 Å². The Kier molecular flexibility index (Phi) is 3.69. The topological polar surface area (TPSA) is 68.5 Å². The van der Waals surface area contributed by atoms with Gasteiger partial charge in [0.2, 0.25) is 0 Å². The van der Waals surface area contributed by atoms with Crippen molar-refractivity contribution in [3.8, 4) is 11.4 Å². The molecule has 1 heterocycles. The minimum absolute atomic E-state index is 0.00314. The van der Waals surface area contributed by atoms with Gasteiger partial charge in [-0.1, -0.05) is 24.3 Å². The highest BCUT2D eigenvalue weighted by molar-refractivity contribution is 5.96. The Labute approximate surface area is 148 Å². The molecule has 0 amide bonds. The maximum absolute atomic E-state index is 12.8. The van der Waals surface area contributed by atoms with Gasteiger partial charge in [0, 0.05) is 10.8 Å². The maximum atomic E-state index is 12.8. The highest BCUT2D eigenvalue weighted by Gasteiger charge is 2.16. The average Bonchev–Trinajstić information content (AvgIpc) is 2.69. The molecule has 1 aromatic heterocycles. The fourth-order valence-corrected chi connectivity index (χ4v) is 3.20. The first-order valence-electron chi connectivity index (χ1n) is 8.06. The second-order valence-corrected chi connectivity index (χ2v) is 5.89. The van der Waals surface area contributed by atoms with Crippen LogP contribution in [0, 0.1) is 0 Å². The fourth-order valence-electron chi connectivity index (χ4n) is 3.20. The third-order valence-corrected chi connectivity index (χ3v) is 4.42. The number of esters is 1. The number of phenolic OH excluding ortho intramolecular Hbond substituents is 1. The van der Waals surface area contributed by atoms with Crippen LogP contribution in [0.1, 0.15) is 10.4 Å². The Morgan fingerprint density at radius 3 is 2.08 bits per heavy atom. The van der Waals surface area contributed by atoms with Crippen molar-refractivity contribution < 1.29 is 14.6 Å². The number of hydrogen-bond acceptors (Lipinski definition) is 4. The van der Waals surface area contributed by atoms with Crippen molar-refractivity contribution in [2.75, 3.05) is 7.11 Å². The van der Waals surface area contributed by atoms with Crippen LogP contribution in [0.3, 0.4) is 0 Å². The second-order valence-electron chi connectivity index (χ2n) is 5.89. The zero-order chi connectivity index (χ0) is 18.3. The van der Waals surface area contributed by atoms with Gasteiger partial charge < -0.3 is 14.4 Å². The number of carbonyl (C=O) groups excluding carboxylic acids is 1. The van der Waals surface area contributed by atoms with E-state index in [0.717, 1.165) is 0 Å². The van der Waals surface area contributed by atoms with Crippen molar-refractivity contribution in [1.29, 1.82) is 0 Å². The molecule has 0 fully saturated rings. The molecule has 0 spiro atoms. The van der Waals surface area contributed by atoms with E-state index >= 15 is 0 Å². The maximum Gasteiger partial charge on any atom is 0.337 e. The van der Waals surface area contributed by atoms with E-state index in [2.05, 4.69) is 0 Å². The third kappa shape index (κ3) is 2.33. The van der Waals surface area contributed by atoms with E-state index in [-0.39, 0.29) is 11.2 Å². The molecule has 0 aliphatic heterocycles. The molecular formula is C21H15NO4. The monoisotopic (exact) mass is 345 g/mol. The number of nitrogens with zero attached hydrogens (tertiary/aromatic N) is 1. The van der Waals surface area contributed by atoms with Gasteiger partial charge in [0.15, 0.2) is 5.43 Å². The van der Waals surface area contributed by atoms with Crippen LogP contribution < -0.4 is 5.43 Å². The summed E-state index contributed by atoms with van der Waals surface area (Å²) in [6, 6.07) is 18.9. The molecule has 0 saturated carbocycles. The highest BCUT2D eigenvalue weighted by Crippen LogP contribution is 2.30. The molecule has 1 N–H and O–H groups in total. The molecule has 0 bridgehead atoms. The number of fused-ring (bicyclic) bond motifs is 2. The Hall–Kier alpha value is -3.60. The lowest BCUT2D eigenvalue weighted by Gasteiger charge is -2.17. The van der Waals surface area contributed by atoms with Crippen LogP contribution in [0.4, 0.5) is 0 Å². The Balaban J connectivity index is 2.19. The first kappa shape index (κ1) is 15.9. The molecule has 0 aliphatic carbocycles. The summed E-state index contributed by atoms with van der Waals surface area (Å²) >= 11 is 0. The lowest BCUT2D eigenvalue weighted by molar-refractivity contribution is 0.0600. The quantitative estimate of drug-likeness (QED) is 0.445. The van der Waals surface area contributed by atoms with Crippen molar-refractivity contribution in [2.24, 2.45) is 0 Å². The van der Waals surface area contributed by atoms with Gasteiger partial charge in [0.05, 0.1) is 29.4 Å². The van der Waals surface area contributed by atoms with Gasteiger partial charge in [-0.3, -0.25) is 4.79 Å². The van der Waals surface area contributed by atoms with Gasteiger partial charge >= 0.3 is 5.97 Å². The second kappa shape index (κ2) is 6.04. The van der Waals surface area contributed by atoms with Crippen molar-refractivity contribution in [1.82, 2.24) is 4.57 Å². The molecule has 4 aromatic rings. The Morgan fingerprint density at radius 2 is 1.50 bits per heavy atom. The van der Waals surface area contributed by atoms with Gasteiger partial charge in [0.1, 0.15) is 5.75 Å². The molecular weight excluding hydrogens is 330 g/mol. The number of ether oxygens (including phenoxy) is 1. The molecule has 0 unspecified atom stereocenters. The SMILES string of the molecule is COC(=O)c1ccc(O)c(-n2c3ccccc3c(=O)c3ccccc32)c1. The number of methoxy groups -OCH3 is 1. The van der Waals surface area contributed by atoms with E-state index in [0.29, 0.717) is 33.1 Å². The number of hydrogen-bond donors (Lipinski definition) is 1. The lowest BCUT2D eigenvalue weighted by Crippen LogP contribution is -2.11. The number of benzene rings is 3. The fraction of sp³-hybridized carbons (Fsp3) is 0.0476. The standard InChI is InChI=1S/C21H15NO4/c1-26-21(25)13-10-11-19(23)18(12-13)22-16-8-4-2-6-14(16)20(24)15-7-3-5-9-17(15)22/h2-12,23H,1H3. The van der Waals surface area contributed by atoms with Crippen molar-refractivity contribution in [3.05, 3.63) is 82.5 Å². The zero-order valence-electron chi connectivity index (χ0n) is 14.0. The third-order valence-electron chi connectivity index (χ3n) is 4.42. The lowest BCUT2D eigenvalue weighted by atomic mass is 10.1. The summed E-state index contributed by atoms with van der Waals surface area (Å²) in [6.07, 6.45) is 0. The van der Waals surface area contributed by atoms with Gasteiger partial charge in [0.25, 0.3) is 0 Å². The predicted molar refractivity (Wildman–Crippen MR) is 100 cm³/mol.